The summed E-state index contributed by atoms with van der Waals surface area (Å²) in [6.07, 6.45) is 4.19. The minimum absolute atomic E-state index is 0.131. The molecule has 0 aromatic heterocycles. The van der Waals surface area contributed by atoms with Gasteiger partial charge in [-0.15, -0.1) is 0 Å². The number of nitrogens with two attached hydrogens (primary N) is 1. The zero-order chi connectivity index (χ0) is 17.4. The van der Waals surface area contributed by atoms with Crippen LogP contribution in [-0.4, -0.2) is 25.7 Å². The number of hydrogen-bond acceptors (Lipinski definition) is 4. The van der Waals surface area contributed by atoms with Crippen LogP contribution in [0.15, 0.2) is 47.7 Å². The Balaban J connectivity index is 3.05. The van der Waals surface area contributed by atoms with E-state index in [1.54, 1.807) is 0 Å². The summed E-state index contributed by atoms with van der Waals surface area (Å²) in [6, 6.07) is 6.05. The van der Waals surface area contributed by atoms with Gasteiger partial charge in [0.15, 0.2) is 0 Å². The molecule has 23 heavy (non-hydrogen) atoms. The third-order valence-electron chi connectivity index (χ3n) is 3.44. The van der Waals surface area contributed by atoms with E-state index in [-0.39, 0.29) is 11.7 Å². The van der Waals surface area contributed by atoms with E-state index in [1.807, 2.05) is 19.2 Å². The highest BCUT2D eigenvalue weighted by atomic mass is 16.1. The van der Waals surface area contributed by atoms with Crippen molar-refractivity contribution in [3.05, 3.63) is 48.3 Å². The van der Waals surface area contributed by atoms with Crippen molar-refractivity contribution in [2.75, 3.05) is 23.8 Å². The van der Waals surface area contributed by atoms with Gasteiger partial charge in [-0.3, -0.25) is 4.79 Å². The van der Waals surface area contributed by atoms with Gasteiger partial charge in [-0.25, -0.2) is 4.99 Å². The SMILES string of the molecule is C=C/C=N\C(N)=C\C(=O)Nc1ccc(C(C)C)cc1N(C)CC. The number of hydrogen-bond donors (Lipinski definition) is 2. The van der Waals surface area contributed by atoms with Crippen LogP contribution in [-0.2, 0) is 4.79 Å². The maximum atomic E-state index is 12.1. The maximum Gasteiger partial charge on any atom is 0.252 e. The number of benzene rings is 1. The number of nitrogens with one attached hydrogen (secondary N) is 1. The van der Waals surface area contributed by atoms with E-state index >= 15 is 0 Å². The first-order valence-electron chi connectivity index (χ1n) is 7.67. The van der Waals surface area contributed by atoms with Crippen LogP contribution in [0.1, 0.15) is 32.3 Å². The molecule has 0 spiro atoms. The Morgan fingerprint density at radius 2 is 2.17 bits per heavy atom. The van der Waals surface area contributed by atoms with Crippen molar-refractivity contribution in [1.82, 2.24) is 0 Å². The van der Waals surface area contributed by atoms with Gasteiger partial charge in [-0.2, -0.15) is 0 Å². The first-order chi connectivity index (χ1) is 10.9. The van der Waals surface area contributed by atoms with Crippen LogP contribution in [0, 0.1) is 0 Å². The number of carbonyl (C=O) groups excluding carboxylic acids is 1. The van der Waals surface area contributed by atoms with Gasteiger partial charge in [-0.05, 0) is 30.5 Å². The molecule has 0 saturated carbocycles. The second-order valence-corrected chi connectivity index (χ2v) is 5.52. The molecule has 0 aliphatic heterocycles. The summed E-state index contributed by atoms with van der Waals surface area (Å²) in [5.41, 5.74) is 8.60. The lowest BCUT2D eigenvalue weighted by atomic mass is 10.0. The van der Waals surface area contributed by atoms with Crippen LogP contribution in [0.2, 0.25) is 0 Å². The Kier molecular flexibility index (Phi) is 7.06. The molecular weight excluding hydrogens is 288 g/mol. The molecule has 0 radical (unpaired) electrons. The molecule has 124 valence electrons. The quantitative estimate of drug-likeness (QED) is 0.599. The lowest BCUT2D eigenvalue weighted by molar-refractivity contribution is -0.111. The van der Waals surface area contributed by atoms with Gasteiger partial charge in [0.05, 0.1) is 11.4 Å². The lowest BCUT2D eigenvalue weighted by Gasteiger charge is -2.22. The van der Waals surface area contributed by atoms with Gasteiger partial charge in [0.2, 0.25) is 0 Å². The first-order valence-corrected chi connectivity index (χ1v) is 7.67. The fraction of sp³-hybridized carbons (Fsp3) is 0.333. The highest BCUT2D eigenvalue weighted by Crippen LogP contribution is 2.29. The summed E-state index contributed by atoms with van der Waals surface area (Å²) >= 11 is 0. The summed E-state index contributed by atoms with van der Waals surface area (Å²) in [5, 5.41) is 2.86. The number of amides is 1. The zero-order valence-corrected chi connectivity index (χ0v) is 14.3. The Hall–Kier alpha value is -2.56. The van der Waals surface area contributed by atoms with Crippen molar-refractivity contribution in [1.29, 1.82) is 0 Å². The second-order valence-electron chi connectivity index (χ2n) is 5.52. The highest BCUT2D eigenvalue weighted by Gasteiger charge is 2.11. The van der Waals surface area contributed by atoms with E-state index in [4.69, 9.17) is 5.73 Å². The molecule has 0 unspecified atom stereocenters. The molecule has 0 bridgehead atoms. The second kappa shape index (κ2) is 8.78. The third-order valence-corrected chi connectivity index (χ3v) is 3.44. The van der Waals surface area contributed by atoms with E-state index in [0.717, 1.165) is 17.9 Å². The van der Waals surface area contributed by atoms with Gasteiger partial charge in [0.25, 0.3) is 5.91 Å². The summed E-state index contributed by atoms with van der Waals surface area (Å²) in [4.78, 5) is 18.0. The number of carbonyl (C=O) groups is 1. The van der Waals surface area contributed by atoms with E-state index in [2.05, 4.69) is 48.6 Å². The molecule has 0 heterocycles. The van der Waals surface area contributed by atoms with Crippen molar-refractivity contribution in [2.24, 2.45) is 10.7 Å². The largest absolute Gasteiger partial charge is 0.384 e. The van der Waals surface area contributed by atoms with Gasteiger partial charge < -0.3 is 16.0 Å². The van der Waals surface area contributed by atoms with Gasteiger partial charge in [-0.1, -0.05) is 32.6 Å². The molecule has 0 saturated heterocycles. The lowest BCUT2D eigenvalue weighted by Crippen LogP contribution is -2.20. The van der Waals surface area contributed by atoms with E-state index in [1.165, 1.54) is 23.9 Å². The molecule has 0 aliphatic rings. The molecule has 1 amide bonds. The molecule has 5 nitrogen and oxygen atoms in total. The normalized spacial score (nSPS) is 11.8. The standard InChI is InChI=1S/C18H26N4O/c1-6-10-20-17(19)12-18(23)21-15-9-8-14(13(3)4)11-16(15)22(5)7-2/h6,8-13H,1,7,19H2,2-5H3,(H,21,23)/b17-12+,20-10-. The summed E-state index contributed by atoms with van der Waals surface area (Å²) in [6.45, 7) is 10.7. The molecule has 1 aromatic rings. The molecule has 1 aromatic carbocycles. The third kappa shape index (κ3) is 5.62. The summed E-state index contributed by atoms with van der Waals surface area (Å²) < 4.78 is 0. The smallest absolute Gasteiger partial charge is 0.252 e. The monoisotopic (exact) mass is 314 g/mol. The number of aliphatic imine (C=N–C) groups is 1. The topological polar surface area (TPSA) is 70.7 Å². The predicted molar refractivity (Wildman–Crippen MR) is 99.1 cm³/mol. The van der Waals surface area contributed by atoms with Gasteiger partial charge in [0.1, 0.15) is 5.82 Å². The summed E-state index contributed by atoms with van der Waals surface area (Å²) in [5.74, 6) is 0.242. The van der Waals surface area contributed by atoms with E-state index in [9.17, 15) is 4.79 Å². The van der Waals surface area contributed by atoms with Crippen LogP contribution in [0.3, 0.4) is 0 Å². The number of allylic oxidation sites excluding steroid dienone is 1. The summed E-state index contributed by atoms with van der Waals surface area (Å²) in [7, 11) is 1.99. The molecule has 0 aliphatic carbocycles. The Morgan fingerprint density at radius 1 is 1.48 bits per heavy atom. The predicted octanol–water partition coefficient (Wildman–Crippen LogP) is 3.26. The molecule has 5 heteroatoms. The molecule has 3 N–H and O–H groups in total. The first kappa shape index (κ1) is 18.5. The Bertz CT molecular complexity index is 617. The van der Waals surface area contributed by atoms with Crippen molar-refractivity contribution >= 4 is 23.5 Å². The molecule has 0 atom stereocenters. The fourth-order valence-electron chi connectivity index (χ4n) is 1.98. The molecular formula is C18H26N4O. The van der Waals surface area contributed by atoms with Crippen LogP contribution in [0.25, 0.3) is 0 Å². The van der Waals surface area contributed by atoms with Crippen molar-refractivity contribution < 1.29 is 4.79 Å². The van der Waals surface area contributed by atoms with Crippen LogP contribution in [0.5, 0.6) is 0 Å². The molecule has 0 fully saturated rings. The average Bonchev–Trinajstić information content (AvgIpc) is 2.52. The Morgan fingerprint density at radius 3 is 2.74 bits per heavy atom. The average molecular weight is 314 g/mol. The van der Waals surface area contributed by atoms with Crippen molar-refractivity contribution in [3.8, 4) is 0 Å². The van der Waals surface area contributed by atoms with Crippen molar-refractivity contribution in [2.45, 2.75) is 26.7 Å². The van der Waals surface area contributed by atoms with Crippen LogP contribution in [0.4, 0.5) is 11.4 Å². The van der Waals surface area contributed by atoms with Gasteiger partial charge in [0, 0.05) is 25.9 Å². The van der Waals surface area contributed by atoms with Crippen molar-refractivity contribution in [3.63, 3.8) is 0 Å². The number of rotatable bonds is 7. The highest BCUT2D eigenvalue weighted by molar-refractivity contribution is 6.02. The van der Waals surface area contributed by atoms with Gasteiger partial charge >= 0.3 is 0 Å². The minimum atomic E-state index is -0.313. The zero-order valence-electron chi connectivity index (χ0n) is 14.3. The minimum Gasteiger partial charge on any atom is -0.384 e. The molecule has 1 rings (SSSR count). The van der Waals surface area contributed by atoms with E-state index in [0.29, 0.717) is 5.92 Å². The fourth-order valence-corrected chi connectivity index (χ4v) is 1.98. The number of nitrogens with zero attached hydrogens (tertiary/aromatic N) is 2. The Labute approximate surface area is 138 Å². The maximum absolute atomic E-state index is 12.1. The number of anilines is 2. The van der Waals surface area contributed by atoms with Crippen LogP contribution < -0.4 is 16.0 Å². The van der Waals surface area contributed by atoms with E-state index < -0.39 is 0 Å². The van der Waals surface area contributed by atoms with Crippen LogP contribution >= 0.6 is 0 Å².